The Bertz CT molecular complexity index is 2790. The van der Waals surface area contributed by atoms with Crippen LogP contribution in [-0.2, 0) is 44.6 Å². The van der Waals surface area contributed by atoms with Gasteiger partial charge in [-0.1, -0.05) is 90.1 Å². The van der Waals surface area contributed by atoms with Crippen LogP contribution < -0.4 is 9.47 Å². The number of aromatic nitrogens is 1. The van der Waals surface area contributed by atoms with E-state index in [1.54, 1.807) is 37.3 Å². The number of oxime groups is 1. The maximum absolute atomic E-state index is 12.8. The van der Waals surface area contributed by atoms with Gasteiger partial charge in [0.1, 0.15) is 30.5 Å². The SMILES string of the molecule is COC(=O)C[C@@H](c1ccc(OCc2cccc(-c3ccc(C(F)(F)F)cc3)c2)cc1)c1cc(C)on1.COC(=O)C[C@H](C=NO)c1ccc(OCc2cccc(-c3ccc(C(F)(F)F)cc3)c2)cc1. The molecule has 16 heteroatoms. The molecule has 358 valence electrons. The fraction of sp³-hybridized carbons (Fsp3) is 0.208. The van der Waals surface area contributed by atoms with E-state index in [0.29, 0.717) is 34.1 Å². The molecule has 0 spiro atoms. The zero-order chi connectivity index (χ0) is 49.6. The van der Waals surface area contributed by atoms with Crippen LogP contribution in [0.15, 0.2) is 161 Å². The summed E-state index contributed by atoms with van der Waals surface area (Å²) < 4.78 is 103. The molecule has 0 bridgehead atoms. The minimum atomic E-state index is -4.37. The molecule has 7 rings (SSSR count). The normalized spacial score (nSPS) is 12.4. The molecule has 10 nitrogen and oxygen atoms in total. The van der Waals surface area contributed by atoms with Gasteiger partial charge in [0.2, 0.25) is 0 Å². The number of benzene rings is 6. The molecule has 69 heavy (non-hydrogen) atoms. The Kier molecular flexibility index (Phi) is 17.0. The molecular weight excluding hydrogens is 907 g/mol. The van der Waals surface area contributed by atoms with Crippen molar-refractivity contribution in [3.05, 3.63) is 196 Å². The molecule has 0 saturated carbocycles. The zero-order valence-corrected chi connectivity index (χ0v) is 37.5. The Labute approximate surface area is 393 Å². The molecule has 0 aliphatic rings. The number of carbonyl (C=O) groups is 2. The Morgan fingerprint density at radius 2 is 1.06 bits per heavy atom. The Hall–Kier alpha value is -7.88. The Morgan fingerprint density at radius 3 is 1.46 bits per heavy atom. The molecule has 2 atom stereocenters. The summed E-state index contributed by atoms with van der Waals surface area (Å²) in [5.41, 5.74) is 5.58. The first-order valence-electron chi connectivity index (χ1n) is 21.3. The summed E-state index contributed by atoms with van der Waals surface area (Å²) in [7, 11) is 2.63. The molecule has 0 aliphatic heterocycles. The van der Waals surface area contributed by atoms with Gasteiger partial charge in [-0.2, -0.15) is 26.3 Å². The number of rotatable bonds is 16. The van der Waals surface area contributed by atoms with Gasteiger partial charge < -0.3 is 28.7 Å². The van der Waals surface area contributed by atoms with E-state index in [9.17, 15) is 35.9 Å². The summed E-state index contributed by atoms with van der Waals surface area (Å²) in [6, 6.07) is 41.1. The number of methoxy groups -OCH3 is 2. The van der Waals surface area contributed by atoms with Crippen molar-refractivity contribution in [2.75, 3.05) is 14.2 Å². The van der Waals surface area contributed by atoms with Crippen molar-refractivity contribution in [3.63, 3.8) is 0 Å². The van der Waals surface area contributed by atoms with E-state index in [-0.39, 0.29) is 37.9 Å². The second kappa shape index (κ2) is 23.2. The third-order valence-electron chi connectivity index (χ3n) is 10.8. The summed E-state index contributed by atoms with van der Waals surface area (Å²) in [5, 5.41) is 15.9. The van der Waals surface area contributed by atoms with Gasteiger partial charge in [-0.25, -0.2) is 0 Å². The Balaban J connectivity index is 0.000000228. The Morgan fingerprint density at radius 1 is 0.609 bits per heavy atom. The van der Waals surface area contributed by atoms with Gasteiger partial charge in [0, 0.05) is 17.9 Å². The van der Waals surface area contributed by atoms with Crippen LogP contribution in [0.25, 0.3) is 22.3 Å². The van der Waals surface area contributed by atoms with E-state index >= 15 is 0 Å². The molecule has 1 aromatic heterocycles. The van der Waals surface area contributed by atoms with Crippen molar-refractivity contribution in [1.29, 1.82) is 0 Å². The molecule has 0 fully saturated rings. The number of halogens is 6. The third kappa shape index (κ3) is 14.6. The average Bonchev–Trinajstić information content (AvgIpc) is 3.79. The van der Waals surface area contributed by atoms with Gasteiger partial charge in [-0.05, 0) is 112 Å². The van der Waals surface area contributed by atoms with E-state index in [4.69, 9.17) is 23.9 Å². The van der Waals surface area contributed by atoms with E-state index in [0.717, 1.165) is 57.6 Å². The van der Waals surface area contributed by atoms with Gasteiger partial charge in [-0.15, -0.1) is 5.16 Å². The molecule has 1 heterocycles. The van der Waals surface area contributed by atoms with Crippen molar-refractivity contribution < 1.29 is 64.6 Å². The molecule has 1 N–H and O–H groups in total. The first-order valence-corrected chi connectivity index (χ1v) is 21.3. The van der Waals surface area contributed by atoms with Crippen molar-refractivity contribution in [2.45, 2.75) is 57.2 Å². The second-order valence-electron chi connectivity index (χ2n) is 15.6. The van der Waals surface area contributed by atoms with Crippen LogP contribution in [0.2, 0.25) is 0 Å². The fourth-order valence-electron chi connectivity index (χ4n) is 7.12. The number of ether oxygens (including phenoxy) is 4. The van der Waals surface area contributed by atoms with Crippen LogP contribution in [0.4, 0.5) is 26.3 Å². The van der Waals surface area contributed by atoms with Crippen LogP contribution in [0, 0.1) is 6.92 Å². The van der Waals surface area contributed by atoms with Crippen LogP contribution in [-0.4, -0.2) is 42.7 Å². The summed E-state index contributed by atoms with van der Waals surface area (Å²) in [6.45, 7) is 2.33. The number of hydrogen-bond donors (Lipinski definition) is 1. The molecule has 7 aromatic rings. The van der Waals surface area contributed by atoms with Gasteiger partial charge in [-0.3, -0.25) is 9.59 Å². The van der Waals surface area contributed by atoms with Crippen molar-refractivity contribution in [3.8, 4) is 33.8 Å². The highest BCUT2D eigenvalue weighted by Gasteiger charge is 2.31. The highest BCUT2D eigenvalue weighted by atomic mass is 19.4. The maximum Gasteiger partial charge on any atom is 0.416 e. The van der Waals surface area contributed by atoms with Gasteiger partial charge in [0.15, 0.2) is 0 Å². The van der Waals surface area contributed by atoms with Gasteiger partial charge >= 0.3 is 24.3 Å². The number of alkyl halides is 6. The first kappa shape index (κ1) is 50.5. The van der Waals surface area contributed by atoms with E-state index in [2.05, 4.69) is 15.0 Å². The zero-order valence-electron chi connectivity index (χ0n) is 37.5. The highest BCUT2D eigenvalue weighted by molar-refractivity contribution is 5.78. The van der Waals surface area contributed by atoms with Gasteiger partial charge in [0.05, 0.1) is 50.1 Å². The molecule has 0 aliphatic carbocycles. The van der Waals surface area contributed by atoms with E-state index < -0.39 is 35.4 Å². The number of esters is 2. The first-order chi connectivity index (χ1) is 33.0. The van der Waals surface area contributed by atoms with E-state index in [1.165, 1.54) is 44.7 Å². The van der Waals surface area contributed by atoms with Crippen molar-refractivity contribution >= 4 is 18.2 Å². The standard InChI is InChI=1S/C28H24F3NO4.C25H22F3NO4/c1-18-14-26(32-36-18)25(16-27(33)34-2)21-8-12-24(13-9-21)35-17-19-4-3-5-22(15-19)20-6-10-23(11-7-20)28(29,30)31;1-32-24(30)14-21(15-29-31)19-7-11-23(12-8-19)33-16-17-3-2-4-20(13-17)18-5-9-22(10-6-18)25(26,27)28/h3-15,25H,16-17H2,1-2H3;2-13,15,21,31H,14,16H2,1H3/t25-;21-/m01/s1. The lowest BCUT2D eigenvalue weighted by Crippen LogP contribution is -2.10. The van der Waals surface area contributed by atoms with Crippen LogP contribution in [0.5, 0.6) is 11.5 Å². The minimum Gasteiger partial charge on any atom is -0.489 e. The third-order valence-corrected chi connectivity index (χ3v) is 10.8. The smallest absolute Gasteiger partial charge is 0.416 e. The topological polar surface area (TPSA) is 130 Å². The average molecular weight is 953 g/mol. The van der Waals surface area contributed by atoms with Crippen molar-refractivity contribution in [2.24, 2.45) is 5.16 Å². The number of nitrogens with zero attached hydrogens (tertiary/aromatic N) is 2. The molecule has 0 unspecified atom stereocenters. The molecule has 6 aromatic carbocycles. The summed E-state index contributed by atoms with van der Waals surface area (Å²) in [6.07, 6.45) is -7.30. The van der Waals surface area contributed by atoms with E-state index in [1.807, 2.05) is 72.8 Å². The lowest BCUT2D eigenvalue weighted by Gasteiger charge is -2.14. The molecular formula is C53H46F6N2O8. The van der Waals surface area contributed by atoms with Crippen LogP contribution in [0.3, 0.4) is 0 Å². The van der Waals surface area contributed by atoms with Crippen LogP contribution in [0.1, 0.15) is 69.5 Å². The van der Waals surface area contributed by atoms with Crippen LogP contribution >= 0.6 is 0 Å². The highest BCUT2D eigenvalue weighted by Crippen LogP contribution is 2.34. The van der Waals surface area contributed by atoms with Gasteiger partial charge in [0.25, 0.3) is 0 Å². The second-order valence-corrected chi connectivity index (χ2v) is 15.6. The number of aryl methyl sites for hydroxylation is 1. The fourth-order valence-corrected chi connectivity index (χ4v) is 7.12. The summed E-state index contributed by atoms with van der Waals surface area (Å²) >= 11 is 0. The largest absolute Gasteiger partial charge is 0.489 e. The number of hydrogen-bond acceptors (Lipinski definition) is 10. The molecule has 0 saturated heterocycles. The number of carbonyl (C=O) groups excluding carboxylic acids is 2. The lowest BCUT2D eigenvalue weighted by atomic mass is 9.92. The predicted octanol–water partition coefficient (Wildman–Crippen LogP) is 13.0. The minimum absolute atomic E-state index is 0.0392. The maximum atomic E-state index is 12.8. The predicted molar refractivity (Wildman–Crippen MR) is 245 cm³/mol. The van der Waals surface area contributed by atoms with Crippen molar-refractivity contribution in [1.82, 2.24) is 5.16 Å². The summed E-state index contributed by atoms with van der Waals surface area (Å²) in [5.74, 6) is 0.352. The molecule has 0 amide bonds. The lowest BCUT2D eigenvalue weighted by molar-refractivity contribution is -0.141. The quantitative estimate of drug-likeness (QED) is 0.0331. The summed E-state index contributed by atoms with van der Waals surface area (Å²) in [4.78, 5) is 23.5. The molecule has 0 radical (unpaired) electrons. The monoisotopic (exact) mass is 952 g/mol.